The molecule has 17 heavy (non-hydrogen) atoms. The van der Waals surface area contributed by atoms with E-state index in [4.69, 9.17) is 11.6 Å². The van der Waals surface area contributed by atoms with Gasteiger partial charge in [-0.3, -0.25) is 4.90 Å². The third-order valence-corrected chi connectivity index (χ3v) is 3.62. The average molecular weight is 254 g/mol. The van der Waals surface area contributed by atoms with Crippen molar-refractivity contribution >= 4 is 11.6 Å². The maximum absolute atomic E-state index is 9.81. The van der Waals surface area contributed by atoms with Gasteiger partial charge in [0.15, 0.2) is 0 Å². The van der Waals surface area contributed by atoms with Crippen LogP contribution in [-0.4, -0.2) is 23.1 Å². The Morgan fingerprint density at radius 2 is 1.71 bits per heavy atom. The van der Waals surface area contributed by atoms with E-state index >= 15 is 0 Å². The van der Waals surface area contributed by atoms with Crippen LogP contribution in [-0.2, 0) is 6.54 Å². The second kappa shape index (κ2) is 6.27. The van der Waals surface area contributed by atoms with Crippen LogP contribution >= 0.6 is 11.6 Å². The Labute approximate surface area is 108 Å². The van der Waals surface area contributed by atoms with E-state index in [1.54, 1.807) is 12.1 Å². The van der Waals surface area contributed by atoms with Crippen LogP contribution in [0.15, 0.2) is 18.2 Å². The van der Waals surface area contributed by atoms with Crippen LogP contribution in [0.2, 0.25) is 5.02 Å². The number of nitrogens with zero attached hydrogens (tertiary/aromatic N) is 1. The molecule has 0 bridgehead atoms. The van der Waals surface area contributed by atoms with Gasteiger partial charge >= 0.3 is 0 Å². The second-order valence-corrected chi connectivity index (χ2v) is 5.25. The maximum Gasteiger partial charge on any atom is 0.120 e. The molecule has 0 unspecified atom stereocenters. The average Bonchev–Trinajstić information content (AvgIpc) is 2.27. The molecule has 3 heteroatoms. The molecule has 1 saturated heterocycles. The van der Waals surface area contributed by atoms with E-state index in [2.05, 4.69) is 4.90 Å². The Hall–Kier alpha value is -0.730. The van der Waals surface area contributed by atoms with E-state index in [0.717, 1.165) is 25.2 Å². The van der Waals surface area contributed by atoms with Gasteiger partial charge in [-0.05, 0) is 44.1 Å². The van der Waals surface area contributed by atoms with E-state index < -0.39 is 0 Å². The van der Waals surface area contributed by atoms with Crippen molar-refractivity contribution in [2.45, 2.75) is 38.6 Å². The molecule has 2 rings (SSSR count). The zero-order chi connectivity index (χ0) is 12.1. The third-order valence-electron chi connectivity index (χ3n) is 3.38. The van der Waals surface area contributed by atoms with Gasteiger partial charge in [0.2, 0.25) is 0 Å². The molecule has 0 aromatic heterocycles. The lowest BCUT2D eigenvalue weighted by Gasteiger charge is -2.24. The summed E-state index contributed by atoms with van der Waals surface area (Å²) in [7, 11) is 0. The smallest absolute Gasteiger partial charge is 0.120 e. The number of rotatable bonds is 2. The summed E-state index contributed by atoms with van der Waals surface area (Å²) in [6.45, 7) is 3.07. The molecule has 1 aliphatic rings. The first-order chi connectivity index (χ1) is 8.25. The van der Waals surface area contributed by atoms with Gasteiger partial charge in [0.1, 0.15) is 5.75 Å². The fraction of sp³-hybridized carbons (Fsp3) is 0.571. The number of halogens is 1. The molecule has 0 atom stereocenters. The van der Waals surface area contributed by atoms with Crippen LogP contribution in [0.3, 0.4) is 0 Å². The number of hydrogen-bond donors (Lipinski definition) is 1. The van der Waals surface area contributed by atoms with E-state index in [1.165, 1.54) is 32.1 Å². The van der Waals surface area contributed by atoms with Gasteiger partial charge in [0.05, 0.1) is 0 Å². The second-order valence-electron chi connectivity index (χ2n) is 4.82. The highest BCUT2D eigenvalue weighted by Gasteiger charge is 2.11. The molecule has 0 amide bonds. The molecule has 1 fully saturated rings. The van der Waals surface area contributed by atoms with Crippen molar-refractivity contribution in [2.75, 3.05) is 13.1 Å². The topological polar surface area (TPSA) is 23.5 Å². The minimum Gasteiger partial charge on any atom is -0.508 e. The molecule has 2 nitrogen and oxygen atoms in total. The first kappa shape index (κ1) is 12.7. The van der Waals surface area contributed by atoms with Gasteiger partial charge in [-0.25, -0.2) is 0 Å². The van der Waals surface area contributed by atoms with Crippen LogP contribution in [0, 0.1) is 0 Å². The highest BCUT2D eigenvalue weighted by Crippen LogP contribution is 2.23. The molecule has 1 N–H and O–H groups in total. The van der Waals surface area contributed by atoms with Gasteiger partial charge in [0, 0.05) is 17.1 Å². The minimum absolute atomic E-state index is 0.358. The van der Waals surface area contributed by atoms with Gasteiger partial charge < -0.3 is 5.11 Å². The summed E-state index contributed by atoms with van der Waals surface area (Å²) in [4.78, 5) is 2.42. The van der Waals surface area contributed by atoms with Crippen LogP contribution in [0.4, 0.5) is 0 Å². The fourth-order valence-corrected chi connectivity index (χ4v) is 2.59. The van der Waals surface area contributed by atoms with Crippen molar-refractivity contribution in [3.05, 3.63) is 28.8 Å². The number of benzene rings is 1. The zero-order valence-corrected chi connectivity index (χ0v) is 10.9. The quantitative estimate of drug-likeness (QED) is 0.866. The highest BCUT2D eigenvalue weighted by molar-refractivity contribution is 6.30. The molecule has 1 aromatic rings. The van der Waals surface area contributed by atoms with Crippen molar-refractivity contribution < 1.29 is 5.11 Å². The number of likely N-dealkylation sites (tertiary alicyclic amines) is 1. The molecule has 1 aromatic carbocycles. The molecule has 1 aliphatic heterocycles. The van der Waals surface area contributed by atoms with Crippen molar-refractivity contribution in [1.82, 2.24) is 4.90 Å². The van der Waals surface area contributed by atoms with Crippen LogP contribution in [0.25, 0.3) is 0 Å². The molecule has 0 radical (unpaired) electrons. The van der Waals surface area contributed by atoms with Gasteiger partial charge in [-0.2, -0.15) is 0 Å². The van der Waals surface area contributed by atoms with Crippen molar-refractivity contribution in [3.63, 3.8) is 0 Å². The highest BCUT2D eigenvalue weighted by atomic mass is 35.5. The van der Waals surface area contributed by atoms with Gasteiger partial charge in [-0.15, -0.1) is 0 Å². The zero-order valence-electron chi connectivity index (χ0n) is 10.2. The Bertz CT molecular complexity index is 359. The number of hydrogen-bond acceptors (Lipinski definition) is 2. The summed E-state index contributed by atoms with van der Waals surface area (Å²) >= 11 is 5.96. The summed E-state index contributed by atoms with van der Waals surface area (Å²) in [5.41, 5.74) is 0.943. The molecule has 94 valence electrons. The Balaban J connectivity index is 2.00. The van der Waals surface area contributed by atoms with Crippen LogP contribution in [0.1, 0.15) is 37.7 Å². The summed E-state index contributed by atoms with van der Waals surface area (Å²) in [5.74, 6) is 0.358. The summed E-state index contributed by atoms with van der Waals surface area (Å²) < 4.78 is 0. The van der Waals surface area contributed by atoms with Crippen molar-refractivity contribution in [3.8, 4) is 5.75 Å². The Morgan fingerprint density at radius 3 is 2.41 bits per heavy atom. The largest absolute Gasteiger partial charge is 0.508 e. The van der Waals surface area contributed by atoms with E-state index in [-0.39, 0.29) is 0 Å². The molecule has 0 saturated carbocycles. The van der Waals surface area contributed by atoms with Crippen molar-refractivity contribution in [1.29, 1.82) is 0 Å². The predicted molar refractivity (Wildman–Crippen MR) is 71.5 cm³/mol. The summed E-state index contributed by atoms with van der Waals surface area (Å²) in [6.07, 6.45) is 6.56. The first-order valence-electron chi connectivity index (χ1n) is 6.45. The lowest BCUT2D eigenvalue weighted by Crippen LogP contribution is -2.26. The lowest BCUT2D eigenvalue weighted by molar-refractivity contribution is 0.237. The lowest BCUT2D eigenvalue weighted by atomic mass is 10.1. The SMILES string of the molecule is Oc1ccc(Cl)cc1CN1CCCCCCC1. The fourth-order valence-electron chi connectivity index (χ4n) is 2.39. The summed E-state index contributed by atoms with van der Waals surface area (Å²) in [6, 6.07) is 5.28. The molecular weight excluding hydrogens is 234 g/mol. The standard InChI is InChI=1S/C14H20ClNO/c15-13-6-7-14(17)12(10-13)11-16-8-4-2-1-3-5-9-16/h6-7,10,17H,1-5,8-9,11H2. The molecule has 1 heterocycles. The Kier molecular flexibility index (Phi) is 4.69. The number of phenolic OH excluding ortho intramolecular Hbond substituents is 1. The van der Waals surface area contributed by atoms with E-state index in [9.17, 15) is 5.11 Å². The number of phenols is 1. The van der Waals surface area contributed by atoms with E-state index in [0.29, 0.717) is 10.8 Å². The monoisotopic (exact) mass is 253 g/mol. The normalized spacial score (nSPS) is 18.6. The number of aromatic hydroxyl groups is 1. The molecule has 0 spiro atoms. The van der Waals surface area contributed by atoms with E-state index in [1.807, 2.05) is 6.07 Å². The van der Waals surface area contributed by atoms with Crippen LogP contribution < -0.4 is 0 Å². The van der Waals surface area contributed by atoms with Gasteiger partial charge in [0.25, 0.3) is 0 Å². The predicted octanol–water partition coefficient (Wildman–Crippen LogP) is 3.81. The van der Waals surface area contributed by atoms with Gasteiger partial charge in [-0.1, -0.05) is 30.9 Å². The Morgan fingerprint density at radius 1 is 1.06 bits per heavy atom. The van der Waals surface area contributed by atoms with Crippen molar-refractivity contribution in [2.24, 2.45) is 0 Å². The molecular formula is C14H20ClNO. The maximum atomic E-state index is 9.81. The molecule has 0 aliphatic carbocycles. The first-order valence-corrected chi connectivity index (χ1v) is 6.83. The summed E-state index contributed by atoms with van der Waals surface area (Å²) in [5, 5.41) is 10.5. The third kappa shape index (κ3) is 3.90. The minimum atomic E-state index is 0.358. The van der Waals surface area contributed by atoms with Crippen LogP contribution in [0.5, 0.6) is 5.75 Å².